The highest BCUT2D eigenvalue weighted by Gasteiger charge is 2.13. The molecule has 17 heavy (non-hydrogen) atoms. The van der Waals surface area contributed by atoms with Gasteiger partial charge in [0.05, 0.1) is 6.04 Å². The Morgan fingerprint density at radius 1 is 1.29 bits per heavy atom. The van der Waals surface area contributed by atoms with Crippen LogP contribution in [0.2, 0.25) is 0 Å². The highest BCUT2D eigenvalue weighted by atomic mass is 79.9. The zero-order valence-electron chi connectivity index (χ0n) is 9.99. The Balaban J connectivity index is 2.36. The van der Waals surface area contributed by atoms with Crippen molar-refractivity contribution in [2.75, 3.05) is 7.05 Å². The fourth-order valence-corrected chi connectivity index (χ4v) is 2.12. The van der Waals surface area contributed by atoms with Gasteiger partial charge in [0.15, 0.2) is 0 Å². The summed E-state index contributed by atoms with van der Waals surface area (Å²) in [5.74, 6) is 1.15. The summed E-state index contributed by atoms with van der Waals surface area (Å²) in [6, 6.07) is 6.08. The van der Waals surface area contributed by atoms with Crippen LogP contribution in [0.25, 0.3) is 11.5 Å². The van der Waals surface area contributed by atoms with E-state index < -0.39 is 0 Å². The molecule has 0 aliphatic heterocycles. The Bertz CT molecular complexity index is 504. The second-order valence-electron chi connectivity index (χ2n) is 3.97. The van der Waals surface area contributed by atoms with E-state index >= 15 is 0 Å². The number of hydrogen-bond donors (Lipinski definition) is 1. The first-order chi connectivity index (χ1) is 8.10. The van der Waals surface area contributed by atoms with Crippen molar-refractivity contribution in [3.05, 3.63) is 34.1 Å². The lowest BCUT2D eigenvalue weighted by atomic mass is 10.1. The predicted molar refractivity (Wildman–Crippen MR) is 69.6 cm³/mol. The van der Waals surface area contributed by atoms with Gasteiger partial charge in [0.25, 0.3) is 0 Å². The molecule has 0 saturated carbocycles. The van der Waals surface area contributed by atoms with E-state index in [0.29, 0.717) is 11.8 Å². The second kappa shape index (κ2) is 4.98. The van der Waals surface area contributed by atoms with Gasteiger partial charge >= 0.3 is 0 Å². The third-order valence-electron chi connectivity index (χ3n) is 2.53. The van der Waals surface area contributed by atoms with Gasteiger partial charge in [0, 0.05) is 10.0 Å². The molecule has 0 saturated heterocycles. The molecule has 0 aliphatic carbocycles. The molecule has 5 heteroatoms. The second-order valence-corrected chi connectivity index (χ2v) is 4.89. The van der Waals surface area contributed by atoms with E-state index in [-0.39, 0.29) is 6.04 Å². The fourth-order valence-electron chi connectivity index (χ4n) is 1.51. The standard InChI is InChI=1S/C12H14BrN3O/c1-7-4-9(6-10(13)5-7)12-16-15-11(17-12)8(2)14-3/h4-6,8,14H,1-3H3. The van der Waals surface area contributed by atoms with Crippen LogP contribution < -0.4 is 5.32 Å². The van der Waals surface area contributed by atoms with Crippen molar-refractivity contribution in [1.29, 1.82) is 0 Å². The van der Waals surface area contributed by atoms with Crippen LogP contribution in [0.4, 0.5) is 0 Å². The quantitative estimate of drug-likeness (QED) is 0.945. The zero-order valence-corrected chi connectivity index (χ0v) is 11.6. The van der Waals surface area contributed by atoms with Crippen molar-refractivity contribution in [2.24, 2.45) is 0 Å². The first kappa shape index (κ1) is 12.3. The monoisotopic (exact) mass is 295 g/mol. The first-order valence-corrected chi connectivity index (χ1v) is 6.17. The highest BCUT2D eigenvalue weighted by molar-refractivity contribution is 9.10. The van der Waals surface area contributed by atoms with Crippen LogP contribution in [0.15, 0.2) is 27.1 Å². The molecule has 1 N–H and O–H groups in total. The van der Waals surface area contributed by atoms with Gasteiger partial charge in [-0.2, -0.15) is 0 Å². The van der Waals surface area contributed by atoms with Crippen molar-refractivity contribution in [1.82, 2.24) is 15.5 Å². The van der Waals surface area contributed by atoms with Crippen molar-refractivity contribution in [3.8, 4) is 11.5 Å². The van der Waals surface area contributed by atoms with E-state index in [1.807, 2.05) is 39.1 Å². The molecule has 0 aliphatic rings. The van der Waals surface area contributed by atoms with Crippen molar-refractivity contribution < 1.29 is 4.42 Å². The van der Waals surface area contributed by atoms with Crippen LogP contribution in [0.1, 0.15) is 24.4 Å². The van der Waals surface area contributed by atoms with Crippen LogP contribution >= 0.6 is 15.9 Å². The molecule has 0 radical (unpaired) electrons. The average molecular weight is 296 g/mol. The van der Waals surface area contributed by atoms with Gasteiger partial charge in [0.2, 0.25) is 11.8 Å². The van der Waals surface area contributed by atoms with Gasteiger partial charge < -0.3 is 9.73 Å². The summed E-state index contributed by atoms with van der Waals surface area (Å²) in [4.78, 5) is 0. The molecule has 0 spiro atoms. The van der Waals surface area contributed by atoms with Crippen molar-refractivity contribution in [3.63, 3.8) is 0 Å². The van der Waals surface area contributed by atoms with Crippen LogP contribution in [0.5, 0.6) is 0 Å². The fraction of sp³-hybridized carbons (Fsp3) is 0.333. The Kier molecular flexibility index (Phi) is 3.59. The largest absolute Gasteiger partial charge is 0.419 e. The number of benzene rings is 1. The van der Waals surface area contributed by atoms with Crippen LogP contribution in [-0.4, -0.2) is 17.2 Å². The molecule has 0 bridgehead atoms. The van der Waals surface area contributed by atoms with Gasteiger partial charge in [-0.25, -0.2) is 0 Å². The summed E-state index contributed by atoms with van der Waals surface area (Å²) in [6.45, 7) is 4.01. The molecule has 1 atom stereocenters. The highest BCUT2D eigenvalue weighted by Crippen LogP contribution is 2.25. The smallest absolute Gasteiger partial charge is 0.247 e. The molecule has 0 fully saturated rings. The summed E-state index contributed by atoms with van der Waals surface area (Å²) in [5, 5.41) is 11.2. The van der Waals surface area contributed by atoms with Gasteiger partial charge in [-0.1, -0.05) is 15.9 Å². The Hall–Kier alpha value is -1.20. The lowest BCUT2D eigenvalue weighted by molar-refractivity contribution is 0.441. The predicted octanol–water partition coefficient (Wildman–Crippen LogP) is 3.09. The summed E-state index contributed by atoms with van der Waals surface area (Å²) in [6.07, 6.45) is 0. The molecule has 1 heterocycles. The minimum atomic E-state index is 0.0597. The average Bonchev–Trinajstić information content (AvgIpc) is 2.76. The van der Waals surface area contributed by atoms with Crippen molar-refractivity contribution in [2.45, 2.75) is 19.9 Å². The molecule has 1 unspecified atom stereocenters. The van der Waals surface area contributed by atoms with Gasteiger partial charge in [-0.05, 0) is 44.7 Å². The van der Waals surface area contributed by atoms with Crippen LogP contribution in [0.3, 0.4) is 0 Å². The van der Waals surface area contributed by atoms with Gasteiger partial charge in [-0.3, -0.25) is 0 Å². The maximum atomic E-state index is 5.63. The SMILES string of the molecule is CNC(C)c1nnc(-c2cc(C)cc(Br)c2)o1. The van der Waals surface area contributed by atoms with E-state index in [4.69, 9.17) is 4.42 Å². The lowest BCUT2D eigenvalue weighted by Crippen LogP contribution is -2.12. The molecule has 4 nitrogen and oxygen atoms in total. The topological polar surface area (TPSA) is 51.0 Å². The first-order valence-electron chi connectivity index (χ1n) is 5.38. The van der Waals surface area contributed by atoms with Gasteiger partial charge in [0.1, 0.15) is 0 Å². The molecular formula is C12H14BrN3O. The van der Waals surface area contributed by atoms with E-state index in [9.17, 15) is 0 Å². The van der Waals surface area contributed by atoms with E-state index in [2.05, 4.69) is 31.4 Å². The van der Waals surface area contributed by atoms with E-state index in [1.54, 1.807) is 0 Å². The third-order valence-corrected chi connectivity index (χ3v) is 2.99. The Labute approximate surface area is 109 Å². The third kappa shape index (κ3) is 2.73. The van der Waals surface area contributed by atoms with E-state index in [0.717, 1.165) is 15.6 Å². The molecular weight excluding hydrogens is 282 g/mol. The van der Waals surface area contributed by atoms with E-state index in [1.165, 1.54) is 0 Å². The summed E-state index contributed by atoms with van der Waals surface area (Å²) >= 11 is 3.46. The normalized spacial score (nSPS) is 12.7. The summed E-state index contributed by atoms with van der Waals surface area (Å²) in [7, 11) is 1.86. The maximum absolute atomic E-state index is 5.63. The van der Waals surface area contributed by atoms with Crippen LogP contribution in [0, 0.1) is 6.92 Å². The summed E-state index contributed by atoms with van der Waals surface area (Å²) in [5.41, 5.74) is 2.08. The minimum Gasteiger partial charge on any atom is -0.419 e. The number of nitrogens with zero attached hydrogens (tertiary/aromatic N) is 2. The number of rotatable bonds is 3. The maximum Gasteiger partial charge on any atom is 0.247 e. The molecule has 2 rings (SSSR count). The molecule has 2 aromatic rings. The lowest BCUT2D eigenvalue weighted by Gasteiger charge is -2.03. The number of nitrogens with one attached hydrogen (secondary N) is 1. The molecule has 0 amide bonds. The summed E-state index contributed by atoms with van der Waals surface area (Å²) < 4.78 is 6.64. The number of hydrogen-bond acceptors (Lipinski definition) is 4. The minimum absolute atomic E-state index is 0.0597. The molecule has 1 aromatic heterocycles. The number of aryl methyl sites for hydroxylation is 1. The zero-order chi connectivity index (χ0) is 12.4. The van der Waals surface area contributed by atoms with Crippen molar-refractivity contribution >= 4 is 15.9 Å². The van der Waals surface area contributed by atoms with Gasteiger partial charge in [-0.15, -0.1) is 10.2 Å². The number of halogens is 1. The Morgan fingerprint density at radius 3 is 2.71 bits per heavy atom. The number of aromatic nitrogens is 2. The Morgan fingerprint density at radius 2 is 2.06 bits per heavy atom. The van der Waals surface area contributed by atoms with Crippen LogP contribution in [-0.2, 0) is 0 Å². The molecule has 90 valence electrons. The molecule has 1 aromatic carbocycles.